The molecule has 0 aromatic heterocycles. The summed E-state index contributed by atoms with van der Waals surface area (Å²) in [5.41, 5.74) is -2.62. The van der Waals surface area contributed by atoms with E-state index in [1.54, 1.807) is 0 Å². The number of nitrogens with zero attached hydrogens (tertiary/aromatic N) is 1. The minimum absolute atomic E-state index is 0.458. The second-order valence-electron chi connectivity index (χ2n) is 6.63. The van der Waals surface area contributed by atoms with Crippen LogP contribution in [0.1, 0.15) is 38.5 Å². The molecular weight excluding hydrogens is 316 g/mol. The van der Waals surface area contributed by atoms with Crippen LogP contribution in [0, 0.1) is 17.8 Å². The Balaban J connectivity index is 1.81. The topological polar surface area (TPSA) is 12.4 Å². The Bertz CT molecular complexity index is 401. The van der Waals surface area contributed by atoms with Crippen LogP contribution in [-0.4, -0.2) is 22.8 Å². The fraction of sp³-hybridized carbons (Fsp3) is 0.923. The van der Waals surface area contributed by atoms with E-state index in [4.69, 9.17) is 0 Å². The predicted molar refractivity (Wildman–Crippen MR) is 68.0 cm³/mol. The molecule has 0 amide bonds. The number of alkyl halides is 6. The van der Waals surface area contributed by atoms with E-state index in [0.717, 1.165) is 19.3 Å². The second kappa shape index (κ2) is 4.80. The van der Waals surface area contributed by atoms with E-state index in [9.17, 15) is 26.3 Å². The minimum Gasteiger partial charge on any atom is -0.206 e. The van der Waals surface area contributed by atoms with E-state index in [2.05, 4.69) is 4.40 Å². The highest BCUT2D eigenvalue weighted by Crippen LogP contribution is 2.61. The Morgan fingerprint density at radius 2 is 1.19 bits per heavy atom. The molecule has 4 aliphatic carbocycles. The molecule has 0 aliphatic heterocycles. The van der Waals surface area contributed by atoms with Crippen molar-refractivity contribution in [2.24, 2.45) is 22.2 Å². The molecule has 8 heteroatoms. The number of hydrogen-bond acceptors (Lipinski definition) is 2. The van der Waals surface area contributed by atoms with Gasteiger partial charge in [0.1, 0.15) is 0 Å². The monoisotopic (exact) mass is 331 g/mol. The van der Waals surface area contributed by atoms with Gasteiger partial charge in [0.25, 0.3) is 0 Å². The van der Waals surface area contributed by atoms with E-state index >= 15 is 0 Å². The molecule has 0 N–H and O–H groups in total. The molecule has 0 saturated heterocycles. The molecule has 0 spiro atoms. The van der Waals surface area contributed by atoms with Crippen molar-refractivity contribution in [3.05, 3.63) is 0 Å². The lowest BCUT2D eigenvalue weighted by atomic mass is 9.56. The third-order valence-corrected chi connectivity index (χ3v) is 6.01. The zero-order valence-electron chi connectivity index (χ0n) is 11.1. The lowest BCUT2D eigenvalue weighted by Crippen LogP contribution is -2.48. The van der Waals surface area contributed by atoms with Gasteiger partial charge in [0.15, 0.2) is 0 Å². The Kier molecular flexibility index (Phi) is 3.54. The molecule has 0 unspecified atom stereocenters. The van der Waals surface area contributed by atoms with E-state index in [-0.39, 0.29) is 0 Å². The van der Waals surface area contributed by atoms with Crippen molar-refractivity contribution >= 4 is 17.7 Å². The molecule has 4 bridgehead atoms. The molecule has 4 aliphatic rings. The first-order valence-electron chi connectivity index (χ1n) is 6.98. The van der Waals surface area contributed by atoms with Gasteiger partial charge in [0.05, 0.1) is 0 Å². The van der Waals surface area contributed by atoms with E-state index in [0.29, 0.717) is 49.0 Å². The van der Waals surface area contributed by atoms with Crippen LogP contribution < -0.4 is 0 Å². The van der Waals surface area contributed by atoms with Crippen LogP contribution >= 0.6 is 11.9 Å². The molecular formula is C13H15F6NS. The van der Waals surface area contributed by atoms with Crippen LogP contribution in [0.3, 0.4) is 0 Å². The lowest BCUT2D eigenvalue weighted by Gasteiger charge is -2.55. The normalized spacial score (nSPS) is 38.7. The summed E-state index contributed by atoms with van der Waals surface area (Å²) in [6, 6.07) is 0. The highest BCUT2D eigenvalue weighted by molar-refractivity contribution is 7.99. The molecule has 4 saturated carbocycles. The van der Waals surface area contributed by atoms with Gasteiger partial charge in [-0.3, -0.25) is 0 Å². The van der Waals surface area contributed by atoms with Crippen LogP contribution in [0.4, 0.5) is 26.3 Å². The van der Waals surface area contributed by atoms with Crippen LogP contribution in [0.25, 0.3) is 0 Å². The summed E-state index contributed by atoms with van der Waals surface area (Å²) in [6.45, 7) is 0. The van der Waals surface area contributed by atoms with Crippen molar-refractivity contribution in [3.63, 3.8) is 0 Å². The number of hydrogen-bond donors (Lipinski definition) is 0. The van der Waals surface area contributed by atoms with Crippen LogP contribution in [-0.2, 0) is 0 Å². The Hall–Kier alpha value is -0.400. The molecule has 1 nitrogen and oxygen atoms in total. The average Bonchev–Trinajstić information content (AvgIpc) is 2.22. The quantitative estimate of drug-likeness (QED) is 0.386. The van der Waals surface area contributed by atoms with Crippen molar-refractivity contribution in [2.75, 3.05) is 0 Å². The standard InChI is InChI=1S/C13H15F6NS/c14-12(15,16)10(13(17,18)19)20-21-11-4-7-1-8(5-11)3-9(2-7)6-11/h7-9H,1-6H2. The molecule has 0 aromatic carbocycles. The first kappa shape index (κ1) is 15.5. The van der Waals surface area contributed by atoms with Crippen LogP contribution in [0.2, 0.25) is 0 Å². The van der Waals surface area contributed by atoms with Crippen LogP contribution in [0.5, 0.6) is 0 Å². The van der Waals surface area contributed by atoms with E-state index < -0.39 is 22.8 Å². The maximum atomic E-state index is 12.5. The SMILES string of the molecule is FC(F)(F)C(=NSC12CC3CC(CC(C3)C1)C2)C(F)(F)F. The largest absolute Gasteiger partial charge is 0.439 e. The molecule has 4 rings (SSSR count). The minimum atomic E-state index is -5.45. The Morgan fingerprint density at radius 1 is 0.810 bits per heavy atom. The third-order valence-electron chi connectivity index (χ3n) is 4.85. The van der Waals surface area contributed by atoms with Gasteiger partial charge in [-0.05, 0) is 68.2 Å². The van der Waals surface area contributed by atoms with E-state index in [1.807, 2.05) is 0 Å². The summed E-state index contributed by atoms with van der Waals surface area (Å²) < 4.78 is 77.5. The van der Waals surface area contributed by atoms with Gasteiger partial charge >= 0.3 is 12.4 Å². The van der Waals surface area contributed by atoms with Crippen molar-refractivity contribution < 1.29 is 26.3 Å². The highest BCUT2D eigenvalue weighted by Gasteiger charge is 2.55. The zero-order valence-corrected chi connectivity index (χ0v) is 11.9. The molecule has 0 heterocycles. The van der Waals surface area contributed by atoms with Crippen molar-refractivity contribution in [3.8, 4) is 0 Å². The lowest BCUT2D eigenvalue weighted by molar-refractivity contribution is -0.117. The third kappa shape index (κ3) is 3.05. The van der Waals surface area contributed by atoms with Crippen molar-refractivity contribution in [2.45, 2.75) is 55.6 Å². The van der Waals surface area contributed by atoms with Gasteiger partial charge in [-0.25, -0.2) is 4.40 Å². The summed E-state index contributed by atoms with van der Waals surface area (Å²) in [5, 5.41) is 0. The predicted octanol–water partition coefficient (Wildman–Crippen LogP) is 5.17. The fourth-order valence-corrected chi connectivity index (χ4v) is 5.97. The molecule has 0 aromatic rings. The summed E-state index contributed by atoms with van der Waals surface area (Å²) in [6.07, 6.45) is -5.55. The molecule has 0 atom stereocenters. The van der Waals surface area contributed by atoms with Gasteiger partial charge in [0, 0.05) is 4.75 Å². The maximum absolute atomic E-state index is 12.5. The van der Waals surface area contributed by atoms with E-state index in [1.165, 1.54) is 0 Å². The smallest absolute Gasteiger partial charge is 0.206 e. The van der Waals surface area contributed by atoms with Gasteiger partial charge < -0.3 is 0 Å². The number of halogens is 6. The number of rotatable bonds is 2. The van der Waals surface area contributed by atoms with Gasteiger partial charge in [0.2, 0.25) is 5.71 Å². The highest BCUT2D eigenvalue weighted by atomic mass is 32.2. The second-order valence-corrected chi connectivity index (χ2v) is 7.86. The zero-order chi connectivity index (χ0) is 15.5. The maximum Gasteiger partial charge on any atom is 0.439 e. The van der Waals surface area contributed by atoms with Gasteiger partial charge in [-0.1, -0.05) is 0 Å². The fourth-order valence-electron chi connectivity index (χ4n) is 4.55. The molecule has 0 radical (unpaired) electrons. The summed E-state index contributed by atoms with van der Waals surface area (Å²) in [5.74, 6) is 1.37. The van der Waals surface area contributed by atoms with Gasteiger partial charge in [-0.15, -0.1) is 0 Å². The summed E-state index contributed by atoms with van der Waals surface area (Å²) in [7, 11) is 0. The van der Waals surface area contributed by atoms with Gasteiger partial charge in [-0.2, -0.15) is 26.3 Å². The van der Waals surface area contributed by atoms with Crippen molar-refractivity contribution in [1.29, 1.82) is 0 Å². The Morgan fingerprint density at radius 3 is 1.52 bits per heavy atom. The molecule has 120 valence electrons. The molecule has 21 heavy (non-hydrogen) atoms. The van der Waals surface area contributed by atoms with Crippen molar-refractivity contribution in [1.82, 2.24) is 0 Å². The summed E-state index contributed by atoms with van der Waals surface area (Å²) >= 11 is 0.544. The first-order valence-corrected chi connectivity index (χ1v) is 7.75. The summed E-state index contributed by atoms with van der Waals surface area (Å²) in [4.78, 5) is 0. The van der Waals surface area contributed by atoms with Crippen LogP contribution in [0.15, 0.2) is 4.40 Å². The Labute approximate surface area is 122 Å². The first-order chi connectivity index (χ1) is 9.57. The molecule has 4 fully saturated rings. The average molecular weight is 331 g/mol.